The lowest BCUT2D eigenvalue weighted by molar-refractivity contribution is 0.977. The number of nitrogens with one attached hydrogen (secondary N) is 1. The number of nitrogens with zero attached hydrogens (tertiary/aromatic N) is 2. The second-order valence-corrected chi connectivity index (χ2v) is 4.88. The molecule has 0 bridgehead atoms. The molecule has 3 nitrogen and oxygen atoms in total. The van der Waals surface area contributed by atoms with E-state index >= 15 is 0 Å². The zero-order valence-corrected chi connectivity index (χ0v) is 10.0. The molecule has 0 radical (unpaired) electrons. The molecule has 0 aromatic carbocycles. The summed E-state index contributed by atoms with van der Waals surface area (Å²) in [5, 5.41) is 4.38. The number of hydrogen-bond donors (Lipinski definition) is 1. The van der Waals surface area contributed by atoms with Crippen LogP contribution in [0.25, 0.3) is 10.2 Å². The monoisotopic (exact) mass is 241 g/mol. The van der Waals surface area contributed by atoms with Gasteiger partial charge in [-0.3, -0.25) is 0 Å². The van der Waals surface area contributed by atoms with Crippen LogP contribution in [-0.4, -0.2) is 22.4 Å². The van der Waals surface area contributed by atoms with Gasteiger partial charge in [-0.2, -0.15) is 0 Å². The Labute approximate surface area is 97.5 Å². The van der Waals surface area contributed by atoms with Gasteiger partial charge in [0.25, 0.3) is 0 Å². The van der Waals surface area contributed by atoms with E-state index in [0.29, 0.717) is 5.88 Å². The number of rotatable bonds is 4. The van der Waals surface area contributed by atoms with E-state index in [1.54, 1.807) is 17.7 Å². The molecular formula is C10H12ClN3S. The second kappa shape index (κ2) is 4.77. The lowest BCUT2D eigenvalue weighted by atomic mass is 10.3. The lowest BCUT2D eigenvalue weighted by Gasteiger charge is -2.04. The Kier molecular flexibility index (Phi) is 3.38. The molecule has 5 heteroatoms. The molecule has 0 fully saturated rings. The fourth-order valence-corrected chi connectivity index (χ4v) is 2.37. The molecule has 0 saturated carbocycles. The summed E-state index contributed by atoms with van der Waals surface area (Å²) in [6.07, 6.45) is 2.54. The van der Waals surface area contributed by atoms with E-state index in [4.69, 9.17) is 11.6 Å². The molecule has 2 heterocycles. The predicted molar refractivity (Wildman–Crippen MR) is 66.0 cm³/mol. The maximum absolute atomic E-state index is 5.62. The first-order valence-electron chi connectivity index (χ1n) is 4.82. The van der Waals surface area contributed by atoms with Gasteiger partial charge < -0.3 is 5.32 Å². The first kappa shape index (κ1) is 10.6. The van der Waals surface area contributed by atoms with Crippen LogP contribution >= 0.6 is 22.9 Å². The fraction of sp³-hybridized carbons (Fsp3) is 0.400. The molecule has 2 aromatic heterocycles. The molecule has 80 valence electrons. The number of alkyl halides is 1. The maximum Gasteiger partial charge on any atom is 0.138 e. The number of aryl methyl sites for hydroxylation is 1. The summed E-state index contributed by atoms with van der Waals surface area (Å²) in [7, 11) is 0. The van der Waals surface area contributed by atoms with E-state index in [1.165, 1.54) is 4.88 Å². The number of thiophene rings is 1. The zero-order chi connectivity index (χ0) is 10.7. The lowest BCUT2D eigenvalue weighted by Crippen LogP contribution is -2.04. The van der Waals surface area contributed by atoms with Crippen LogP contribution in [0, 0.1) is 6.92 Å². The molecule has 0 aliphatic heterocycles. The molecule has 0 aliphatic carbocycles. The number of anilines is 1. The Balaban J connectivity index is 2.25. The third-order valence-corrected chi connectivity index (χ3v) is 3.28. The molecule has 0 spiro atoms. The maximum atomic E-state index is 5.62. The molecule has 0 amide bonds. The van der Waals surface area contributed by atoms with Gasteiger partial charge in [-0.1, -0.05) is 0 Å². The van der Waals surface area contributed by atoms with E-state index in [0.717, 1.165) is 29.0 Å². The van der Waals surface area contributed by atoms with Crippen LogP contribution in [-0.2, 0) is 0 Å². The number of aromatic nitrogens is 2. The van der Waals surface area contributed by atoms with E-state index in [2.05, 4.69) is 28.3 Å². The third-order valence-electron chi connectivity index (χ3n) is 2.06. The molecule has 15 heavy (non-hydrogen) atoms. The Hall–Kier alpha value is -0.870. The SMILES string of the molecule is Cc1cc2c(NCCCCl)ncnc2s1. The molecule has 1 N–H and O–H groups in total. The Morgan fingerprint density at radius 3 is 3.13 bits per heavy atom. The van der Waals surface area contributed by atoms with Gasteiger partial charge in [-0.15, -0.1) is 22.9 Å². The number of hydrogen-bond acceptors (Lipinski definition) is 4. The standard InChI is InChI=1S/C10H12ClN3S/c1-7-5-8-9(12-4-2-3-11)13-6-14-10(8)15-7/h5-6H,2-4H2,1H3,(H,12,13,14). The second-order valence-electron chi connectivity index (χ2n) is 3.27. The highest BCUT2D eigenvalue weighted by Crippen LogP contribution is 2.27. The van der Waals surface area contributed by atoms with Crippen molar-refractivity contribution in [1.82, 2.24) is 9.97 Å². The van der Waals surface area contributed by atoms with Crippen molar-refractivity contribution in [3.05, 3.63) is 17.3 Å². The van der Waals surface area contributed by atoms with Crippen LogP contribution in [0.4, 0.5) is 5.82 Å². The summed E-state index contributed by atoms with van der Waals surface area (Å²) >= 11 is 7.31. The summed E-state index contributed by atoms with van der Waals surface area (Å²) in [6, 6.07) is 2.11. The van der Waals surface area contributed by atoms with Crippen molar-refractivity contribution < 1.29 is 0 Å². The normalized spacial score (nSPS) is 10.8. The minimum atomic E-state index is 0.671. The molecular weight excluding hydrogens is 230 g/mol. The first-order chi connectivity index (χ1) is 7.31. The Morgan fingerprint density at radius 2 is 2.33 bits per heavy atom. The molecule has 2 aromatic rings. The molecule has 0 saturated heterocycles. The van der Waals surface area contributed by atoms with E-state index in [9.17, 15) is 0 Å². The van der Waals surface area contributed by atoms with E-state index < -0.39 is 0 Å². The van der Waals surface area contributed by atoms with Gasteiger partial charge in [0.2, 0.25) is 0 Å². The summed E-state index contributed by atoms with van der Waals surface area (Å²) in [4.78, 5) is 10.8. The van der Waals surface area contributed by atoms with Crippen LogP contribution in [0.1, 0.15) is 11.3 Å². The van der Waals surface area contributed by atoms with E-state index in [-0.39, 0.29) is 0 Å². The van der Waals surface area contributed by atoms with Gasteiger partial charge in [0.05, 0.1) is 5.39 Å². The summed E-state index contributed by atoms with van der Waals surface area (Å²) in [6.45, 7) is 2.93. The van der Waals surface area contributed by atoms with Crippen molar-refractivity contribution in [3.8, 4) is 0 Å². The quantitative estimate of drug-likeness (QED) is 0.661. The number of halogens is 1. The summed E-state index contributed by atoms with van der Waals surface area (Å²) in [5.41, 5.74) is 0. The largest absolute Gasteiger partial charge is 0.369 e. The van der Waals surface area contributed by atoms with Crippen molar-refractivity contribution in [3.63, 3.8) is 0 Å². The minimum absolute atomic E-state index is 0.671. The molecule has 0 aliphatic rings. The van der Waals surface area contributed by atoms with E-state index in [1.807, 2.05) is 0 Å². The average molecular weight is 242 g/mol. The van der Waals surface area contributed by atoms with Gasteiger partial charge >= 0.3 is 0 Å². The average Bonchev–Trinajstić information content (AvgIpc) is 2.59. The van der Waals surface area contributed by atoms with Gasteiger partial charge in [0, 0.05) is 17.3 Å². The predicted octanol–water partition coefficient (Wildman–Crippen LogP) is 3.04. The molecule has 0 atom stereocenters. The van der Waals surface area contributed by atoms with Crippen molar-refractivity contribution >= 4 is 39.0 Å². The smallest absolute Gasteiger partial charge is 0.138 e. The van der Waals surface area contributed by atoms with Crippen molar-refractivity contribution in [2.45, 2.75) is 13.3 Å². The fourth-order valence-electron chi connectivity index (χ4n) is 1.39. The Morgan fingerprint density at radius 1 is 1.47 bits per heavy atom. The Bertz CT molecular complexity index is 455. The number of fused-ring (bicyclic) bond motifs is 1. The third kappa shape index (κ3) is 2.38. The minimum Gasteiger partial charge on any atom is -0.369 e. The summed E-state index contributed by atoms with van der Waals surface area (Å²) in [5.74, 6) is 1.58. The van der Waals surface area contributed by atoms with Crippen LogP contribution < -0.4 is 5.32 Å². The van der Waals surface area contributed by atoms with Gasteiger partial charge in [0.1, 0.15) is 17.0 Å². The molecule has 2 rings (SSSR count). The highest BCUT2D eigenvalue weighted by Gasteiger charge is 2.05. The van der Waals surface area contributed by atoms with Crippen LogP contribution in [0.5, 0.6) is 0 Å². The van der Waals surface area contributed by atoms with Gasteiger partial charge in [-0.05, 0) is 19.4 Å². The van der Waals surface area contributed by atoms with Gasteiger partial charge in [-0.25, -0.2) is 9.97 Å². The van der Waals surface area contributed by atoms with Crippen molar-refractivity contribution in [1.29, 1.82) is 0 Å². The molecule has 0 unspecified atom stereocenters. The van der Waals surface area contributed by atoms with Crippen LogP contribution in [0.3, 0.4) is 0 Å². The zero-order valence-electron chi connectivity index (χ0n) is 8.46. The highest BCUT2D eigenvalue weighted by atomic mass is 35.5. The summed E-state index contributed by atoms with van der Waals surface area (Å²) < 4.78 is 0. The van der Waals surface area contributed by atoms with Crippen LogP contribution in [0.2, 0.25) is 0 Å². The van der Waals surface area contributed by atoms with Gasteiger partial charge in [0.15, 0.2) is 0 Å². The van der Waals surface area contributed by atoms with Crippen LogP contribution in [0.15, 0.2) is 12.4 Å². The first-order valence-corrected chi connectivity index (χ1v) is 6.17. The van der Waals surface area contributed by atoms with Crippen molar-refractivity contribution in [2.75, 3.05) is 17.7 Å². The topological polar surface area (TPSA) is 37.8 Å². The highest BCUT2D eigenvalue weighted by molar-refractivity contribution is 7.18. The van der Waals surface area contributed by atoms with Crippen molar-refractivity contribution in [2.24, 2.45) is 0 Å².